The van der Waals surface area contributed by atoms with Gasteiger partial charge in [-0.05, 0) is 18.5 Å². The quantitative estimate of drug-likeness (QED) is 0.886. The number of H-pyrrole nitrogens is 1. The molecule has 0 spiro atoms. The van der Waals surface area contributed by atoms with E-state index in [9.17, 15) is 0 Å². The number of nitrogens with one attached hydrogen (secondary N) is 2. The Labute approximate surface area is 116 Å². The maximum Gasteiger partial charge on any atom is 0.120 e. The number of halogens is 1. The Morgan fingerprint density at radius 1 is 1.33 bits per heavy atom. The molecule has 2 N–H and O–H groups in total. The van der Waals surface area contributed by atoms with Gasteiger partial charge in [0.15, 0.2) is 0 Å². The van der Waals surface area contributed by atoms with E-state index in [0.717, 1.165) is 34.6 Å². The van der Waals surface area contributed by atoms with Crippen LogP contribution in [0.1, 0.15) is 19.7 Å². The Kier molecular flexibility index (Phi) is 4.55. The molecule has 1 aromatic heterocycles. The first-order valence-corrected chi connectivity index (χ1v) is 6.95. The monoisotopic (exact) mass is 307 g/mol. The van der Waals surface area contributed by atoms with Gasteiger partial charge >= 0.3 is 0 Å². The molecule has 1 aromatic carbocycles. The van der Waals surface area contributed by atoms with E-state index < -0.39 is 0 Å². The first-order chi connectivity index (χ1) is 8.66. The molecule has 4 heteroatoms. The van der Waals surface area contributed by atoms with Crippen molar-refractivity contribution in [3.63, 3.8) is 0 Å². The van der Waals surface area contributed by atoms with E-state index in [4.69, 9.17) is 0 Å². The topological polar surface area (TPSA) is 40.7 Å². The first-order valence-electron chi connectivity index (χ1n) is 6.16. The summed E-state index contributed by atoms with van der Waals surface area (Å²) in [4.78, 5) is 7.73. The fraction of sp³-hybridized carbons (Fsp3) is 0.357. The predicted octanol–water partition coefficient (Wildman–Crippen LogP) is 3.58. The number of benzene rings is 1. The van der Waals surface area contributed by atoms with Crippen LogP contribution in [0.25, 0.3) is 11.3 Å². The standard InChI is InChI=1S/C14H18BrN3/c1-10(2)7-16-9-14-17-8-13(18-14)11-5-3-4-6-12(11)15/h3-6,8,10,16H,7,9H2,1-2H3,(H,17,18). The Balaban J connectivity index is 2.04. The van der Waals surface area contributed by atoms with Crippen molar-refractivity contribution in [3.8, 4) is 11.3 Å². The molecule has 0 aliphatic carbocycles. The van der Waals surface area contributed by atoms with Gasteiger partial charge < -0.3 is 10.3 Å². The second-order valence-electron chi connectivity index (χ2n) is 4.75. The summed E-state index contributed by atoms with van der Waals surface area (Å²) >= 11 is 3.55. The number of rotatable bonds is 5. The molecule has 18 heavy (non-hydrogen) atoms. The second-order valence-corrected chi connectivity index (χ2v) is 5.60. The number of aromatic nitrogens is 2. The minimum Gasteiger partial charge on any atom is -0.341 e. The SMILES string of the molecule is CC(C)CNCc1ncc(-c2ccccc2Br)[nH]1. The fourth-order valence-electron chi connectivity index (χ4n) is 1.75. The van der Waals surface area contributed by atoms with Crippen molar-refractivity contribution < 1.29 is 0 Å². The largest absolute Gasteiger partial charge is 0.341 e. The van der Waals surface area contributed by atoms with Crippen LogP contribution in [0, 0.1) is 5.92 Å². The van der Waals surface area contributed by atoms with Gasteiger partial charge in [-0.2, -0.15) is 0 Å². The highest BCUT2D eigenvalue weighted by atomic mass is 79.9. The molecule has 0 fully saturated rings. The third kappa shape index (κ3) is 3.43. The molecule has 0 saturated carbocycles. The number of nitrogens with zero attached hydrogens (tertiary/aromatic N) is 1. The molecule has 0 atom stereocenters. The average Bonchev–Trinajstić information content (AvgIpc) is 2.78. The van der Waals surface area contributed by atoms with Crippen molar-refractivity contribution in [1.82, 2.24) is 15.3 Å². The minimum absolute atomic E-state index is 0.655. The Morgan fingerprint density at radius 2 is 2.11 bits per heavy atom. The van der Waals surface area contributed by atoms with Crippen molar-refractivity contribution >= 4 is 15.9 Å². The summed E-state index contributed by atoms with van der Waals surface area (Å²) in [6, 6.07) is 8.14. The molecule has 0 radical (unpaired) electrons. The number of aromatic amines is 1. The lowest BCUT2D eigenvalue weighted by Gasteiger charge is -2.05. The van der Waals surface area contributed by atoms with Gasteiger partial charge in [0.25, 0.3) is 0 Å². The highest BCUT2D eigenvalue weighted by Crippen LogP contribution is 2.26. The molecular formula is C14H18BrN3. The van der Waals surface area contributed by atoms with Crippen LogP contribution in [0.4, 0.5) is 0 Å². The maximum absolute atomic E-state index is 4.39. The zero-order chi connectivity index (χ0) is 13.0. The highest BCUT2D eigenvalue weighted by Gasteiger charge is 2.06. The Morgan fingerprint density at radius 3 is 2.83 bits per heavy atom. The van der Waals surface area contributed by atoms with Crippen molar-refractivity contribution in [2.75, 3.05) is 6.54 Å². The van der Waals surface area contributed by atoms with E-state index in [1.165, 1.54) is 0 Å². The van der Waals surface area contributed by atoms with Gasteiger partial charge in [-0.1, -0.05) is 48.0 Å². The van der Waals surface area contributed by atoms with Crippen LogP contribution in [0.3, 0.4) is 0 Å². The van der Waals surface area contributed by atoms with Gasteiger partial charge in [-0.25, -0.2) is 4.98 Å². The molecule has 96 valence electrons. The summed E-state index contributed by atoms with van der Waals surface area (Å²) < 4.78 is 1.08. The summed E-state index contributed by atoms with van der Waals surface area (Å²) in [6.07, 6.45) is 1.88. The zero-order valence-corrected chi connectivity index (χ0v) is 12.3. The van der Waals surface area contributed by atoms with Crippen molar-refractivity contribution in [3.05, 3.63) is 40.8 Å². The smallest absolute Gasteiger partial charge is 0.120 e. The number of hydrogen-bond acceptors (Lipinski definition) is 2. The van der Waals surface area contributed by atoms with Gasteiger partial charge in [0.2, 0.25) is 0 Å². The summed E-state index contributed by atoms with van der Waals surface area (Å²) in [5.41, 5.74) is 2.18. The van der Waals surface area contributed by atoms with Gasteiger partial charge in [-0.3, -0.25) is 0 Å². The maximum atomic E-state index is 4.39. The molecule has 0 unspecified atom stereocenters. The number of hydrogen-bond donors (Lipinski definition) is 2. The van der Waals surface area contributed by atoms with Crippen LogP contribution in [-0.4, -0.2) is 16.5 Å². The molecule has 0 bridgehead atoms. The van der Waals surface area contributed by atoms with Crippen LogP contribution >= 0.6 is 15.9 Å². The van der Waals surface area contributed by atoms with Crippen LogP contribution in [0.5, 0.6) is 0 Å². The van der Waals surface area contributed by atoms with Gasteiger partial charge in [0.05, 0.1) is 18.4 Å². The van der Waals surface area contributed by atoms with E-state index in [1.54, 1.807) is 0 Å². The molecule has 0 amide bonds. The Bertz CT molecular complexity index is 505. The summed E-state index contributed by atoms with van der Waals surface area (Å²) in [6.45, 7) is 6.18. The molecule has 0 aliphatic rings. The van der Waals surface area contributed by atoms with Crippen LogP contribution in [0.15, 0.2) is 34.9 Å². The Hall–Kier alpha value is -1.13. The molecular weight excluding hydrogens is 290 g/mol. The average molecular weight is 308 g/mol. The van der Waals surface area contributed by atoms with Crippen LogP contribution in [0.2, 0.25) is 0 Å². The lowest BCUT2D eigenvalue weighted by molar-refractivity contribution is 0.545. The minimum atomic E-state index is 0.655. The zero-order valence-electron chi connectivity index (χ0n) is 10.7. The van der Waals surface area contributed by atoms with Crippen molar-refractivity contribution in [1.29, 1.82) is 0 Å². The lowest BCUT2D eigenvalue weighted by Crippen LogP contribution is -2.19. The number of imidazole rings is 1. The molecule has 2 aromatic rings. The van der Waals surface area contributed by atoms with E-state index >= 15 is 0 Å². The summed E-state index contributed by atoms with van der Waals surface area (Å²) in [5.74, 6) is 1.63. The summed E-state index contributed by atoms with van der Waals surface area (Å²) in [7, 11) is 0. The first kappa shape index (κ1) is 13.3. The third-order valence-corrected chi connectivity index (χ3v) is 3.33. The normalized spacial score (nSPS) is 11.1. The predicted molar refractivity (Wildman–Crippen MR) is 78.3 cm³/mol. The van der Waals surface area contributed by atoms with E-state index in [0.29, 0.717) is 5.92 Å². The van der Waals surface area contributed by atoms with Crippen molar-refractivity contribution in [2.45, 2.75) is 20.4 Å². The molecule has 3 nitrogen and oxygen atoms in total. The van der Waals surface area contributed by atoms with Gasteiger partial charge in [0.1, 0.15) is 5.82 Å². The van der Waals surface area contributed by atoms with E-state index in [-0.39, 0.29) is 0 Å². The summed E-state index contributed by atoms with van der Waals surface area (Å²) in [5, 5.41) is 3.38. The van der Waals surface area contributed by atoms with E-state index in [2.05, 4.69) is 51.1 Å². The van der Waals surface area contributed by atoms with Crippen LogP contribution < -0.4 is 5.32 Å². The molecule has 2 rings (SSSR count). The van der Waals surface area contributed by atoms with Crippen LogP contribution in [-0.2, 0) is 6.54 Å². The fourth-order valence-corrected chi connectivity index (χ4v) is 2.25. The van der Waals surface area contributed by atoms with Crippen molar-refractivity contribution in [2.24, 2.45) is 5.92 Å². The third-order valence-electron chi connectivity index (χ3n) is 2.64. The molecule has 1 heterocycles. The van der Waals surface area contributed by atoms with Gasteiger partial charge in [-0.15, -0.1) is 0 Å². The van der Waals surface area contributed by atoms with E-state index in [1.807, 2.05) is 24.4 Å². The highest BCUT2D eigenvalue weighted by molar-refractivity contribution is 9.10. The molecule has 0 aliphatic heterocycles. The molecule has 0 saturated heterocycles. The second kappa shape index (κ2) is 6.16. The lowest BCUT2D eigenvalue weighted by atomic mass is 10.2. The van der Waals surface area contributed by atoms with Gasteiger partial charge in [0, 0.05) is 10.0 Å².